The maximum atomic E-state index is 11.7. The van der Waals surface area contributed by atoms with Crippen molar-refractivity contribution in [2.24, 2.45) is 0 Å². The molecule has 3 N–H and O–H groups in total. The molecular formula is C11H16N2O4S. The Bertz CT molecular complexity index is 567. The van der Waals surface area contributed by atoms with Crippen molar-refractivity contribution in [2.75, 3.05) is 23.3 Å². The van der Waals surface area contributed by atoms with Crippen LogP contribution in [0.2, 0.25) is 0 Å². The number of carbonyl (C=O) groups is 1. The van der Waals surface area contributed by atoms with Gasteiger partial charge in [0.15, 0.2) is 5.75 Å². The zero-order valence-electron chi connectivity index (χ0n) is 10.5. The number of ether oxygens (including phenoxy) is 1. The van der Waals surface area contributed by atoms with E-state index in [4.69, 9.17) is 5.73 Å². The number of carbonyl (C=O) groups excluding carboxylic acids is 1. The molecule has 0 bridgehead atoms. The van der Waals surface area contributed by atoms with Gasteiger partial charge >= 0.3 is 5.97 Å². The van der Waals surface area contributed by atoms with Gasteiger partial charge in [0.1, 0.15) is 0 Å². The van der Waals surface area contributed by atoms with E-state index < -0.39 is 21.7 Å². The lowest BCUT2D eigenvalue weighted by molar-refractivity contribution is -0.137. The minimum absolute atomic E-state index is 0.363. The Morgan fingerprint density at radius 3 is 2.56 bits per heavy atom. The molecule has 0 aromatic heterocycles. The van der Waals surface area contributed by atoms with Crippen molar-refractivity contribution in [2.45, 2.75) is 13.8 Å². The van der Waals surface area contributed by atoms with Gasteiger partial charge in [0, 0.05) is 5.69 Å². The summed E-state index contributed by atoms with van der Waals surface area (Å²) in [6.07, 6.45) is 0. The van der Waals surface area contributed by atoms with Crippen molar-refractivity contribution >= 4 is 27.4 Å². The molecule has 0 radical (unpaired) electrons. The highest BCUT2D eigenvalue weighted by atomic mass is 32.2. The van der Waals surface area contributed by atoms with Gasteiger partial charge in [0.2, 0.25) is 10.0 Å². The lowest BCUT2D eigenvalue weighted by atomic mass is 10.1. The predicted molar refractivity (Wildman–Crippen MR) is 69.8 cm³/mol. The summed E-state index contributed by atoms with van der Waals surface area (Å²) in [7, 11) is -2.65. The standard InChI is InChI=1S/C11H16N2O4S/c1-7-4-5-9(8(2)11(7)12)13-18(15,16)6-10(14)17-3/h4-5,13H,6,12H2,1-3H3. The molecule has 0 unspecified atom stereocenters. The van der Waals surface area contributed by atoms with Crippen LogP contribution in [0, 0.1) is 13.8 Å². The highest BCUT2D eigenvalue weighted by molar-refractivity contribution is 7.93. The average molecular weight is 272 g/mol. The van der Waals surface area contributed by atoms with Gasteiger partial charge in [-0.3, -0.25) is 9.52 Å². The van der Waals surface area contributed by atoms with Crippen LogP contribution in [-0.2, 0) is 19.6 Å². The van der Waals surface area contributed by atoms with Gasteiger partial charge in [-0.15, -0.1) is 0 Å². The van der Waals surface area contributed by atoms with Gasteiger partial charge in [0.25, 0.3) is 0 Å². The minimum atomic E-state index is -3.78. The van der Waals surface area contributed by atoms with Gasteiger partial charge in [-0.25, -0.2) is 8.42 Å². The number of sulfonamides is 1. The highest BCUT2D eigenvalue weighted by Crippen LogP contribution is 2.25. The quantitative estimate of drug-likeness (QED) is 0.624. The summed E-state index contributed by atoms with van der Waals surface area (Å²) in [6.45, 7) is 3.54. The molecular weight excluding hydrogens is 256 g/mol. The fraction of sp³-hybridized carbons (Fsp3) is 0.364. The summed E-state index contributed by atoms with van der Waals surface area (Å²) >= 11 is 0. The topological polar surface area (TPSA) is 98.5 Å². The molecule has 0 aliphatic heterocycles. The lowest BCUT2D eigenvalue weighted by Crippen LogP contribution is -2.24. The molecule has 0 saturated heterocycles. The Kier molecular flexibility index (Phi) is 4.18. The summed E-state index contributed by atoms with van der Waals surface area (Å²) in [5, 5.41) is 0. The maximum absolute atomic E-state index is 11.7. The van der Waals surface area contributed by atoms with Crippen molar-refractivity contribution < 1.29 is 17.9 Å². The van der Waals surface area contributed by atoms with Crippen LogP contribution >= 0.6 is 0 Å². The van der Waals surface area contributed by atoms with Gasteiger partial charge in [0.05, 0.1) is 12.8 Å². The van der Waals surface area contributed by atoms with Crippen molar-refractivity contribution in [3.8, 4) is 0 Å². The number of benzene rings is 1. The van der Waals surface area contributed by atoms with E-state index in [2.05, 4.69) is 9.46 Å². The summed E-state index contributed by atoms with van der Waals surface area (Å²) in [6, 6.07) is 3.31. The van der Waals surface area contributed by atoms with Crippen molar-refractivity contribution in [3.63, 3.8) is 0 Å². The third-order valence-electron chi connectivity index (χ3n) is 2.53. The molecule has 0 saturated carbocycles. The van der Waals surface area contributed by atoms with E-state index in [0.29, 0.717) is 16.9 Å². The van der Waals surface area contributed by atoms with Gasteiger partial charge < -0.3 is 10.5 Å². The number of nitrogens with two attached hydrogens (primary N) is 1. The number of nitrogen functional groups attached to an aromatic ring is 1. The Labute approximate surface area is 106 Å². The SMILES string of the molecule is COC(=O)CS(=O)(=O)Nc1ccc(C)c(N)c1C. The lowest BCUT2D eigenvalue weighted by Gasteiger charge is -2.13. The second-order valence-corrected chi connectivity index (χ2v) is 5.63. The van der Waals surface area contributed by atoms with Crippen LogP contribution in [0.15, 0.2) is 12.1 Å². The van der Waals surface area contributed by atoms with Crippen molar-refractivity contribution in [1.82, 2.24) is 0 Å². The van der Waals surface area contributed by atoms with Gasteiger partial charge in [-0.05, 0) is 31.0 Å². The van der Waals surface area contributed by atoms with Crippen LogP contribution < -0.4 is 10.5 Å². The number of rotatable bonds is 4. The normalized spacial score (nSPS) is 11.1. The molecule has 0 aliphatic rings. The van der Waals surface area contributed by atoms with E-state index >= 15 is 0 Å². The van der Waals surface area contributed by atoms with E-state index in [1.807, 2.05) is 6.92 Å². The van der Waals surface area contributed by atoms with Crippen molar-refractivity contribution in [3.05, 3.63) is 23.3 Å². The monoisotopic (exact) mass is 272 g/mol. The zero-order chi connectivity index (χ0) is 13.9. The number of methoxy groups -OCH3 is 1. The molecule has 100 valence electrons. The molecule has 1 aromatic carbocycles. The Morgan fingerprint density at radius 2 is 2.00 bits per heavy atom. The van der Waals surface area contributed by atoms with Crippen LogP contribution in [0.5, 0.6) is 0 Å². The predicted octanol–water partition coefficient (Wildman–Crippen LogP) is 0.800. The number of nitrogens with one attached hydrogen (secondary N) is 1. The number of anilines is 2. The highest BCUT2D eigenvalue weighted by Gasteiger charge is 2.18. The minimum Gasteiger partial charge on any atom is -0.468 e. The molecule has 1 aromatic rings. The van der Waals surface area contributed by atoms with E-state index in [1.54, 1.807) is 19.1 Å². The number of hydrogen-bond donors (Lipinski definition) is 2. The Balaban J connectivity index is 2.98. The van der Waals surface area contributed by atoms with E-state index in [9.17, 15) is 13.2 Å². The fourth-order valence-corrected chi connectivity index (χ4v) is 2.45. The molecule has 0 atom stereocenters. The second kappa shape index (κ2) is 5.26. The maximum Gasteiger partial charge on any atom is 0.322 e. The average Bonchev–Trinajstić information content (AvgIpc) is 2.29. The van der Waals surface area contributed by atoms with E-state index in [-0.39, 0.29) is 0 Å². The molecule has 6 nitrogen and oxygen atoms in total. The largest absolute Gasteiger partial charge is 0.468 e. The Hall–Kier alpha value is -1.76. The first-order chi connectivity index (χ1) is 8.26. The third kappa shape index (κ3) is 3.36. The van der Waals surface area contributed by atoms with Crippen LogP contribution in [0.25, 0.3) is 0 Å². The first kappa shape index (κ1) is 14.3. The van der Waals surface area contributed by atoms with Crippen LogP contribution in [0.1, 0.15) is 11.1 Å². The molecule has 0 aliphatic carbocycles. The number of hydrogen-bond acceptors (Lipinski definition) is 5. The second-order valence-electron chi connectivity index (χ2n) is 3.91. The zero-order valence-corrected chi connectivity index (χ0v) is 11.3. The summed E-state index contributed by atoms with van der Waals surface area (Å²) < 4.78 is 30.0. The first-order valence-corrected chi connectivity index (χ1v) is 6.85. The first-order valence-electron chi connectivity index (χ1n) is 5.20. The Morgan fingerprint density at radius 1 is 1.39 bits per heavy atom. The van der Waals surface area contributed by atoms with Crippen LogP contribution in [-0.4, -0.2) is 27.2 Å². The molecule has 7 heteroatoms. The summed E-state index contributed by atoms with van der Waals surface area (Å²) in [5.41, 5.74) is 8.18. The smallest absolute Gasteiger partial charge is 0.322 e. The molecule has 0 spiro atoms. The van der Waals surface area contributed by atoms with E-state index in [1.165, 1.54) is 0 Å². The van der Waals surface area contributed by atoms with Crippen LogP contribution in [0.4, 0.5) is 11.4 Å². The van der Waals surface area contributed by atoms with Gasteiger partial charge in [-0.1, -0.05) is 6.07 Å². The molecule has 18 heavy (non-hydrogen) atoms. The number of aryl methyl sites for hydroxylation is 1. The third-order valence-corrected chi connectivity index (χ3v) is 3.68. The van der Waals surface area contributed by atoms with E-state index in [0.717, 1.165) is 12.7 Å². The molecule has 0 fully saturated rings. The number of esters is 1. The van der Waals surface area contributed by atoms with Gasteiger partial charge in [-0.2, -0.15) is 0 Å². The van der Waals surface area contributed by atoms with Crippen molar-refractivity contribution in [1.29, 1.82) is 0 Å². The molecule has 0 amide bonds. The molecule has 1 rings (SSSR count). The fourth-order valence-electron chi connectivity index (χ4n) is 1.39. The summed E-state index contributed by atoms with van der Waals surface area (Å²) in [4.78, 5) is 11.0. The molecule has 0 heterocycles. The van der Waals surface area contributed by atoms with Crippen LogP contribution in [0.3, 0.4) is 0 Å². The summed E-state index contributed by atoms with van der Waals surface area (Å²) in [5.74, 6) is -1.54.